The molecule has 4 aromatic rings. The van der Waals surface area contributed by atoms with Gasteiger partial charge in [0, 0.05) is 36.3 Å². The predicted octanol–water partition coefficient (Wildman–Crippen LogP) is 4.43. The second kappa shape index (κ2) is 9.19. The Balaban J connectivity index is 1.14. The van der Waals surface area contributed by atoms with Crippen LogP contribution in [-0.2, 0) is 24.8 Å². The van der Waals surface area contributed by atoms with Crippen LogP contribution in [0.1, 0.15) is 43.2 Å². The van der Waals surface area contributed by atoms with E-state index in [0.717, 1.165) is 48.6 Å². The number of halogens is 1. The minimum absolute atomic E-state index is 0.0290. The molecule has 1 aliphatic carbocycles. The van der Waals surface area contributed by atoms with Crippen molar-refractivity contribution >= 4 is 21.9 Å². The monoisotopic (exact) mass is 502 g/mol. The molecule has 192 valence electrons. The molecule has 3 aromatic heterocycles. The van der Waals surface area contributed by atoms with E-state index in [4.69, 9.17) is 9.47 Å². The van der Waals surface area contributed by atoms with Crippen LogP contribution in [0, 0.1) is 5.82 Å². The maximum Gasteiger partial charge on any atom is 0.255 e. The lowest BCUT2D eigenvalue weighted by Crippen LogP contribution is -2.61. The Hall–Kier alpha value is -3.36. The fourth-order valence-electron chi connectivity index (χ4n) is 5.99. The Morgan fingerprint density at radius 1 is 1.16 bits per heavy atom. The van der Waals surface area contributed by atoms with Crippen molar-refractivity contribution in [2.45, 2.75) is 56.2 Å². The third-order valence-electron chi connectivity index (χ3n) is 8.41. The van der Waals surface area contributed by atoms with Crippen molar-refractivity contribution in [2.24, 2.45) is 7.05 Å². The molecule has 7 rings (SSSR count). The Morgan fingerprint density at radius 2 is 1.97 bits per heavy atom. The van der Waals surface area contributed by atoms with E-state index in [9.17, 15) is 9.18 Å². The van der Waals surface area contributed by atoms with Gasteiger partial charge in [0.1, 0.15) is 5.82 Å². The van der Waals surface area contributed by atoms with Crippen molar-refractivity contribution in [1.82, 2.24) is 19.9 Å². The number of methoxy groups -OCH3 is 1. The van der Waals surface area contributed by atoms with Gasteiger partial charge in [-0.05, 0) is 62.1 Å². The fraction of sp³-hybridized carbons (Fsp3) is 0.414. The molecule has 3 aliphatic rings. The molecule has 1 N–H and O–H groups in total. The zero-order valence-corrected chi connectivity index (χ0v) is 21.2. The molecular formula is C29H31FN4O3. The number of rotatable bonds is 7. The molecule has 2 saturated heterocycles. The van der Waals surface area contributed by atoms with Crippen molar-refractivity contribution in [3.8, 4) is 5.88 Å². The van der Waals surface area contributed by atoms with E-state index in [2.05, 4.69) is 15.3 Å². The summed E-state index contributed by atoms with van der Waals surface area (Å²) in [5, 5.41) is 4.74. The molecule has 3 fully saturated rings. The van der Waals surface area contributed by atoms with Crippen molar-refractivity contribution in [3.63, 3.8) is 0 Å². The third-order valence-corrected chi connectivity index (χ3v) is 8.41. The van der Waals surface area contributed by atoms with Gasteiger partial charge >= 0.3 is 0 Å². The van der Waals surface area contributed by atoms with E-state index < -0.39 is 0 Å². The number of aryl methyl sites for hydroxylation is 2. The number of nitrogens with one attached hydrogen (secondary N) is 1. The molecule has 0 radical (unpaired) electrons. The first-order valence-corrected chi connectivity index (χ1v) is 12.9. The highest BCUT2D eigenvalue weighted by atomic mass is 19.1. The van der Waals surface area contributed by atoms with Gasteiger partial charge in [-0.1, -0.05) is 18.2 Å². The number of fused-ring (bicyclic) bond motifs is 5. The van der Waals surface area contributed by atoms with Crippen molar-refractivity contribution in [2.75, 3.05) is 13.7 Å². The number of benzene rings is 1. The van der Waals surface area contributed by atoms with Crippen LogP contribution in [0.4, 0.5) is 4.39 Å². The summed E-state index contributed by atoms with van der Waals surface area (Å²) in [6, 6.07) is 13.5. The molecule has 7 nitrogen and oxygen atoms in total. The van der Waals surface area contributed by atoms with Crippen molar-refractivity contribution in [3.05, 3.63) is 76.0 Å². The first-order valence-electron chi connectivity index (χ1n) is 12.9. The predicted molar refractivity (Wildman–Crippen MR) is 140 cm³/mol. The standard InChI is InChI=1S/C29H31FN4O3/c1-34-24-6-4-3-5-19(24)15-20(27(34)35)16-32-28-11-13-29(14-12-28,37-18-28)10-9-21-22(30)17-31-23-7-8-25(36-2)33-26(21)23/h3-8,15,17,32H,9-14,16,18H2,1-2H3. The molecule has 8 heteroatoms. The summed E-state index contributed by atoms with van der Waals surface area (Å²) in [4.78, 5) is 21.6. The van der Waals surface area contributed by atoms with Gasteiger partial charge in [0.15, 0.2) is 0 Å². The smallest absolute Gasteiger partial charge is 0.255 e. The van der Waals surface area contributed by atoms with E-state index >= 15 is 0 Å². The number of hydrogen-bond donors (Lipinski definition) is 1. The van der Waals surface area contributed by atoms with Gasteiger partial charge in [0.25, 0.3) is 5.56 Å². The van der Waals surface area contributed by atoms with Crippen molar-refractivity contribution < 1.29 is 13.9 Å². The Morgan fingerprint density at radius 3 is 2.73 bits per heavy atom. The van der Waals surface area contributed by atoms with Gasteiger partial charge in [-0.3, -0.25) is 9.78 Å². The van der Waals surface area contributed by atoms with Crippen LogP contribution in [0.15, 0.2) is 53.5 Å². The fourth-order valence-corrected chi connectivity index (χ4v) is 5.99. The average Bonchev–Trinajstić information content (AvgIpc) is 2.94. The Bertz CT molecular complexity index is 1530. The van der Waals surface area contributed by atoms with Gasteiger partial charge in [-0.15, -0.1) is 0 Å². The number of pyridine rings is 3. The lowest BCUT2D eigenvalue weighted by Gasteiger charge is -2.53. The van der Waals surface area contributed by atoms with Crippen LogP contribution in [0.5, 0.6) is 5.88 Å². The minimum Gasteiger partial charge on any atom is -0.481 e. The van der Waals surface area contributed by atoms with Crippen LogP contribution in [0.25, 0.3) is 21.9 Å². The highest BCUT2D eigenvalue weighted by Crippen LogP contribution is 2.46. The highest BCUT2D eigenvalue weighted by molar-refractivity contribution is 5.79. The molecule has 37 heavy (non-hydrogen) atoms. The zero-order chi connectivity index (χ0) is 25.6. The van der Waals surface area contributed by atoms with E-state index in [0.29, 0.717) is 42.0 Å². The third kappa shape index (κ3) is 4.28. The summed E-state index contributed by atoms with van der Waals surface area (Å²) in [6.45, 7) is 1.10. The topological polar surface area (TPSA) is 78.3 Å². The summed E-state index contributed by atoms with van der Waals surface area (Å²) < 4.78 is 28.2. The number of ether oxygens (including phenoxy) is 2. The molecule has 0 amide bonds. The molecule has 5 heterocycles. The number of para-hydroxylation sites is 1. The number of aromatic nitrogens is 3. The molecule has 1 saturated carbocycles. The maximum atomic E-state index is 14.8. The summed E-state index contributed by atoms with van der Waals surface area (Å²) in [5.74, 6) is 0.104. The summed E-state index contributed by atoms with van der Waals surface area (Å²) in [5.41, 5.74) is 3.11. The summed E-state index contributed by atoms with van der Waals surface area (Å²) >= 11 is 0. The van der Waals surface area contributed by atoms with E-state index in [1.165, 1.54) is 6.20 Å². The SMILES string of the molecule is COc1ccc2ncc(F)c(CCC34CCC(NCc5cc6ccccc6n(C)c5=O)(CC3)CO4)c2n1. The number of nitrogens with zero attached hydrogens (tertiary/aromatic N) is 3. The molecule has 0 unspecified atom stereocenters. The quantitative estimate of drug-likeness (QED) is 0.403. The van der Waals surface area contributed by atoms with E-state index in [1.54, 1.807) is 17.7 Å². The van der Waals surface area contributed by atoms with Crippen LogP contribution in [0.3, 0.4) is 0 Å². The van der Waals surface area contributed by atoms with Gasteiger partial charge in [-0.2, -0.15) is 0 Å². The Kier molecular flexibility index (Phi) is 5.96. The normalized spacial score (nSPS) is 23.1. The number of hydrogen-bond acceptors (Lipinski definition) is 6. The lowest BCUT2D eigenvalue weighted by molar-refractivity contribution is -0.165. The van der Waals surface area contributed by atoms with Gasteiger partial charge in [0.2, 0.25) is 5.88 Å². The first kappa shape index (κ1) is 24.0. The van der Waals surface area contributed by atoms with Gasteiger partial charge in [-0.25, -0.2) is 9.37 Å². The molecule has 0 atom stereocenters. The molecule has 0 spiro atoms. The molecule has 1 aromatic carbocycles. The zero-order valence-electron chi connectivity index (χ0n) is 21.2. The van der Waals surface area contributed by atoms with Crippen molar-refractivity contribution in [1.29, 1.82) is 0 Å². The second-order valence-electron chi connectivity index (χ2n) is 10.5. The van der Waals surface area contributed by atoms with E-state index in [-0.39, 0.29) is 22.5 Å². The van der Waals surface area contributed by atoms with Gasteiger partial charge < -0.3 is 19.4 Å². The average molecular weight is 503 g/mol. The van der Waals surface area contributed by atoms with E-state index in [1.807, 2.05) is 43.4 Å². The van der Waals surface area contributed by atoms with Crippen LogP contribution in [-0.4, -0.2) is 39.4 Å². The highest BCUT2D eigenvalue weighted by Gasteiger charge is 2.49. The Labute approximate surface area is 214 Å². The van der Waals surface area contributed by atoms with Crippen LogP contribution >= 0.6 is 0 Å². The summed E-state index contributed by atoms with van der Waals surface area (Å²) in [6.07, 6.45) is 6.26. The minimum atomic E-state index is -0.343. The molecular weight excluding hydrogens is 471 g/mol. The second-order valence-corrected chi connectivity index (χ2v) is 10.5. The maximum absolute atomic E-state index is 14.8. The molecule has 2 bridgehead atoms. The largest absolute Gasteiger partial charge is 0.481 e. The lowest BCUT2D eigenvalue weighted by atomic mass is 9.69. The molecule has 2 aliphatic heterocycles. The summed E-state index contributed by atoms with van der Waals surface area (Å²) in [7, 11) is 3.38. The first-order chi connectivity index (χ1) is 17.9. The van der Waals surface area contributed by atoms with Gasteiger partial charge in [0.05, 0.1) is 42.1 Å². The van der Waals surface area contributed by atoms with Crippen LogP contribution < -0.4 is 15.6 Å². The van der Waals surface area contributed by atoms with Crippen LogP contribution in [0.2, 0.25) is 0 Å².